The van der Waals surface area contributed by atoms with Gasteiger partial charge < -0.3 is 5.11 Å². The van der Waals surface area contributed by atoms with Gasteiger partial charge in [-0.2, -0.15) is 0 Å². The number of sulfonamides is 1. The van der Waals surface area contributed by atoms with Crippen LogP contribution in [0.2, 0.25) is 0 Å². The lowest BCUT2D eigenvalue weighted by molar-refractivity contribution is -0.137. The van der Waals surface area contributed by atoms with E-state index in [1.165, 1.54) is 6.42 Å². The van der Waals surface area contributed by atoms with E-state index in [0.29, 0.717) is 29.1 Å². The fraction of sp³-hybridized carbons (Fsp3) is 0.526. The van der Waals surface area contributed by atoms with Crippen molar-refractivity contribution in [2.24, 2.45) is 17.8 Å². The van der Waals surface area contributed by atoms with Crippen molar-refractivity contribution in [1.29, 1.82) is 0 Å². The summed E-state index contributed by atoms with van der Waals surface area (Å²) in [6.45, 7) is 0. The maximum absolute atomic E-state index is 12.5. The topological polar surface area (TPSA) is 83.5 Å². The van der Waals surface area contributed by atoms with Crippen LogP contribution in [0.4, 0.5) is 0 Å². The zero-order chi connectivity index (χ0) is 17.9. The van der Waals surface area contributed by atoms with E-state index in [1.54, 1.807) is 24.3 Å². The molecule has 5 nitrogen and oxygen atoms in total. The van der Waals surface area contributed by atoms with Gasteiger partial charge in [0.15, 0.2) is 0 Å². The van der Waals surface area contributed by atoms with Gasteiger partial charge >= 0.3 is 5.97 Å². The highest BCUT2D eigenvalue weighted by molar-refractivity contribution is 7.89. The maximum atomic E-state index is 12.5. The largest absolute Gasteiger partial charge is 0.481 e. The standard InChI is InChI=1S/C19H25NO4S/c21-19(22)11-7-2-1-6-10-16-17-12-14(17)13-18(16)20-25(23,24)15-8-4-3-5-9-15/h1,3-6,8-9,14,16-18,20H,2,7,10-13H2,(H,21,22)/b6-1-/t14?,16-,17?,18+/m0/s1. The first-order chi connectivity index (χ1) is 12.0. The van der Waals surface area contributed by atoms with Crippen LogP contribution in [0.1, 0.15) is 38.5 Å². The van der Waals surface area contributed by atoms with Gasteiger partial charge in [-0.05, 0) is 62.0 Å². The third-order valence-electron chi connectivity index (χ3n) is 5.30. The predicted molar refractivity (Wildman–Crippen MR) is 95.5 cm³/mol. The molecule has 0 amide bonds. The lowest BCUT2D eigenvalue weighted by Crippen LogP contribution is -2.38. The zero-order valence-corrected chi connectivity index (χ0v) is 15.0. The fourth-order valence-electron chi connectivity index (χ4n) is 3.95. The summed E-state index contributed by atoms with van der Waals surface area (Å²) in [5, 5.41) is 8.63. The molecule has 3 rings (SSSR count). The molecule has 0 spiro atoms. The predicted octanol–water partition coefficient (Wildman–Crippen LogP) is 3.19. The van der Waals surface area contributed by atoms with Crippen molar-refractivity contribution in [1.82, 2.24) is 4.72 Å². The van der Waals surface area contributed by atoms with Crippen molar-refractivity contribution in [2.45, 2.75) is 49.5 Å². The number of aliphatic carboxylic acids is 1. The van der Waals surface area contributed by atoms with Gasteiger partial charge in [-0.15, -0.1) is 0 Å². The SMILES string of the molecule is O=C(O)CCC/C=C\C[C@H]1C2CC2C[C@H]1NS(=O)(=O)c1ccccc1. The molecule has 0 saturated heterocycles. The van der Waals surface area contributed by atoms with E-state index in [9.17, 15) is 13.2 Å². The van der Waals surface area contributed by atoms with Gasteiger partial charge in [0, 0.05) is 12.5 Å². The molecule has 2 saturated carbocycles. The molecule has 25 heavy (non-hydrogen) atoms. The molecule has 1 aromatic rings. The molecule has 0 aromatic heterocycles. The van der Waals surface area contributed by atoms with Gasteiger partial charge in [0.05, 0.1) is 4.90 Å². The second-order valence-electron chi connectivity index (χ2n) is 7.09. The van der Waals surface area contributed by atoms with Gasteiger partial charge in [0.25, 0.3) is 0 Å². The average molecular weight is 363 g/mol. The number of hydrogen-bond donors (Lipinski definition) is 2. The van der Waals surface area contributed by atoms with Crippen molar-refractivity contribution in [2.75, 3.05) is 0 Å². The Hall–Kier alpha value is -1.66. The minimum atomic E-state index is -3.47. The van der Waals surface area contributed by atoms with Gasteiger partial charge in [0.1, 0.15) is 0 Å². The number of carboxylic acid groups (broad SMARTS) is 1. The minimum absolute atomic E-state index is 0.00220. The van der Waals surface area contributed by atoms with Crippen molar-refractivity contribution in [3.8, 4) is 0 Å². The summed E-state index contributed by atoms with van der Waals surface area (Å²) < 4.78 is 28.0. The van der Waals surface area contributed by atoms with E-state index < -0.39 is 16.0 Å². The average Bonchev–Trinajstić information content (AvgIpc) is 3.25. The van der Waals surface area contributed by atoms with E-state index in [0.717, 1.165) is 19.3 Å². The van der Waals surface area contributed by atoms with Gasteiger partial charge in [0.2, 0.25) is 10.0 Å². The molecular formula is C19H25NO4S. The van der Waals surface area contributed by atoms with Crippen LogP contribution in [0, 0.1) is 17.8 Å². The molecule has 6 heteroatoms. The summed E-state index contributed by atoms with van der Waals surface area (Å²) in [6, 6.07) is 8.51. The van der Waals surface area contributed by atoms with E-state index in [2.05, 4.69) is 10.8 Å². The number of carboxylic acids is 1. The summed E-state index contributed by atoms with van der Waals surface area (Å²) in [7, 11) is -3.47. The summed E-state index contributed by atoms with van der Waals surface area (Å²) in [6.07, 6.45) is 8.71. The van der Waals surface area contributed by atoms with Crippen LogP contribution in [-0.4, -0.2) is 25.5 Å². The summed E-state index contributed by atoms with van der Waals surface area (Å²) >= 11 is 0. The molecule has 0 aliphatic heterocycles. The third kappa shape index (κ3) is 4.70. The van der Waals surface area contributed by atoms with Gasteiger partial charge in [-0.25, -0.2) is 13.1 Å². The second kappa shape index (κ2) is 7.70. The van der Waals surface area contributed by atoms with E-state index >= 15 is 0 Å². The number of allylic oxidation sites excluding steroid dienone is 2. The van der Waals surface area contributed by atoms with E-state index in [-0.39, 0.29) is 12.5 Å². The summed E-state index contributed by atoms with van der Waals surface area (Å²) in [5.74, 6) is 0.876. The zero-order valence-electron chi connectivity index (χ0n) is 14.2. The number of nitrogens with one attached hydrogen (secondary N) is 1. The Balaban J connectivity index is 1.55. The Kier molecular flexibility index (Phi) is 5.59. The molecule has 4 atom stereocenters. The van der Waals surface area contributed by atoms with Crippen LogP contribution in [-0.2, 0) is 14.8 Å². The highest BCUT2D eigenvalue weighted by Crippen LogP contribution is 2.56. The first-order valence-corrected chi connectivity index (χ1v) is 10.4. The van der Waals surface area contributed by atoms with Crippen LogP contribution >= 0.6 is 0 Å². The maximum Gasteiger partial charge on any atom is 0.303 e. The Morgan fingerprint density at radius 1 is 1.20 bits per heavy atom. The van der Waals surface area contributed by atoms with Crippen LogP contribution in [0.3, 0.4) is 0 Å². The molecule has 2 aliphatic rings. The molecule has 0 bridgehead atoms. The number of rotatable bonds is 9. The van der Waals surface area contributed by atoms with Crippen LogP contribution in [0.15, 0.2) is 47.4 Å². The normalized spacial score (nSPS) is 28.2. The Labute approximate surface area is 149 Å². The number of benzene rings is 1. The van der Waals surface area contributed by atoms with Crippen molar-refractivity contribution in [3.05, 3.63) is 42.5 Å². The highest BCUT2D eigenvalue weighted by Gasteiger charge is 2.53. The van der Waals surface area contributed by atoms with E-state index in [4.69, 9.17) is 5.11 Å². The highest BCUT2D eigenvalue weighted by atomic mass is 32.2. The summed E-state index contributed by atoms with van der Waals surface area (Å²) in [5.41, 5.74) is 0. The van der Waals surface area contributed by atoms with Crippen molar-refractivity contribution < 1.29 is 18.3 Å². The number of carbonyl (C=O) groups is 1. The molecule has 2 N–H and O–H groups in total. The van der Waals surface area contributed by atoms with Crippen LogP contribution in [0.25, 0.3) is 0 Å². The first kappa shape index (κ1) is 18.1. The first-order valence-electron chi connectivity index (χ1n) is 8.91. The fourth-order valence-corrected chi connectivity index (χ4v) is 5.27. The van der Waals surface area contributed by atoms with Crippen LogP contribution < -0.4 is 4.72 Å². The van der Waals surface area contributed by atoms with Crippen LogP contribution in [0.5, 0.6) is 0 Å². The molecule has 0 radical (unpaired) electrons. The number of unbranched alkanes of at least 4 members (excludes halogenated alkanes) is 1. The number of hydrogen-bond acceptors (Lipinski definition) is 3. The minimum Gasteiger partial charge on any atom is -0.481 e. The lowest BCUT2D eigenvalue weighted by Gasteiger charge is -2.22. The molecule has 0 heterocycles. The Bertz CT molecular complexity index is 729. The van der Waals surface area contributed by atoms with Gasteiger partial charge in [-0.3, -0.25) is 4.79 Å². The number of fused-ring (bicyclic) bond motifs is 1. The van der Waals surface area contributed by atoms with Crippen molar-refractivity contribution >= 4 is 16.0 Å². The molecule has 136 valence electrons. The molecule has 2 fully saturated rings. The lowest BCUT2D eigenvalue weighted by atomic mass is 9.95. The van der Waals surface area contributed by atoms with Gasteiger partial charge in [-0.1, -0.05) is 30.4 Å². The summed E-state index contributed by atoms with van der Waals surface area (Å²) in [4.78, 5) is 10.8. The molecular weight excluding hydrogens is 338 g/mol. The molecule has 1 aromatic carbocycles. The Morgan fingerprint density at radius 3 is 2.68 bits per heavy atom. The van der Waals surface area contributed by atoms with E-state index in [1.807, 2.05) is 12.1 Å². The monoisotopic (exact) mass is 363 g/mol. The Morgan fingerprint density at radius 2 is 1.96 bits per heavy atom. The third-order valence-corrected chi connectivity index (χ3v) is 6.80. The molecule has 2 aliphatic carbocycles. The quantitative estimate of drug-likeness (QED) is 0.521. The second-order valence-corrected chi connectivity index (χ2v) is 8.81. The molecule has 2 unspecified atom stereocenters. The van der Waals surface area contributed by atoms with Crippen molar-refractivity contribution in [3.63, 3.8) is 0 Å². The smallest absolute Gasteiger partial charge is 0.303 e.